The third-order valence-electron chi connectivity index (χ3n) is 5.04. The third kappa shape index (κ3) is 3.44. The predicted molar refractivity (Wildman–Crippen MR) is 103 cm³/mol. The molecule has 0 spiro atoms. The average molecular weight is 366 g/mol. The van der Waals surface area contributed by atoms with E-state index in [1.54, 1.807) is 11.3 Å². The molecule has 0 bridgehead atoms. The van der Waals surface area contributed by atoms with E-state index in [2.05, 4.69) is 29.5 Å². The number of thiophene rings is 1. The second-order valence-corrected chi connectivity index (χ2v) is 7.98. The van der Waals surface area contributed by atoms with Crippen LogP contribution in [0.3, 0.4) is 0 Å². The number of carbonyl (C=O) groups excluding carboxylic acids is 1. The van der Waals surface area contributed by atoms with Crippen molar-refractivity contribution in [3.05, 3.63) is 65.2 Å². The molecule has 5 heteroatoms. The summed E-state index contributed by atoms with van der Waals surface area (Å²) in [5.41, 5.74) is 1.56. The summed E-state index contributed by atoms with van der Waals surface area (Å²) in [6, 6.07) is 16.4. The molecule has 2 aromatic heterocycles. The van der Waals surface area contributed by atoms with Crippen LogP contribution in [0, 0.1) is 0 Å². The molecule has 1 unspecified atom stereocenters. The van der Waals surface area contributed by atoms with Crippen LogP contribution in [0.2, 0.25) is 0 Å². The van der Waals surface area contributed by atoms with Crippen molar-refractivity contribution in [3.8, 4) is 10.6 Å². The molecule has 1 fully saturated rings. The summed E-state index contributed by atoms with van der Waals surface area (Å²) >= 11 is 1.61. The Balaban J connectivity index is 1.38. The lowest BCUT2D eigenvalue weighted by Crippen LogP contribution is -2.40. The number of nitrogens with one attached hydrogen (secondary N) is 1. The van der Waals surface area contributed by atoms with Crippen LogP contribution in [0.15, 0.2) is 58.4 Å². The fourth-order valence-electron chi connectivity index (χ4n) is 3.22. The van der Waals surface area contributed by atoms with Gasteiger partial charge in [0.25, 0.3) is 0 Å². The van der Waals surface area contributed by atoms with E-state index in [0.29, 0.717) is 0 Å². The molecule has 1 saturated carbocycles. The van der Waals surface area contributed by atoms with Crippen LogP contribution >= 0.6 is 11.3 Å². The molecular formula is C21H22N2O2S. The maximum Gasteiger partial charge on any atom is 0.232 e. The minimum absolute atomic E-state index is 0.0732. The second kappa shape index (κ2) is 7.08. The SMILES string of the molecule is CC(CCc1ccccc1)NC(=O)C1(c2cc(-c3cccs3)on2)CC1. The molecule has 2 heterocycles. The van der Waals surface area contributed by atoms with Crippen LogP contribution in [0.5, 0.6) is 0 Å². The molecule has 4 nitrogen and oxygen atoms in total. The van der Waals surface area contributed by atoms with Gasteiger partial charge in [0.1, 0.15) is 0 Å². The van der Waals surface area contributed by atoms with Gasteiger partial charge in [-0.15, -0.1) is 11.3 Å². The van der Waals surface area contributed by atoms with Crippen molar-refractivity contribution in [2.45, 2.75) is 44.1 Å². The highest BCUT2D eigenvalue weighted by molar-refractivity contribution is 7.13. The molecule has 3 aromatic rings. The second-order valence-electron chi connectivity index (χ2n) is 7.03. The zero-order chi connectivity index (χ0) is 18.0. The first-order valence-corrected chi connectivity index (χ1v) is 9.91. The first-order valence-electron chi connectivity index (χ1n) is 9.03. The van der Waals surface area contributed by atoms with Crippen LogP contribution < -0.4 is 5.32 Å². The Morgan fingerprint density at radius 1 is 1.27 bits per heavy atom. The first kappa shape index (κ1) is 17.0. The molecule has 1 aromatic carbocycles. The normalized spacial score (nSPS) is 16.2. The van der Waals surface area contributed by atoms with Gasteiger partial charge in [0.05, 0.1) is 16.0 Å². The molecular weight excluding hydrogens is 344 g/mol. The Morgan fingerprint density at radius 3 is 2.77 bits per heavy atom. The Bertz CT molecular complexity index is 867. The molecule has 1 aliphatic rings. The van der Waals surface area contributed by atoms with Gasteiger partial charge in [-0.1, -0.05) is 41.6 Å². The highest BCUT2D eigenvalue weighted by atomic mass is 32.1. The van der Waals surface area contributed by atoms with Gasteiger partial charge in [-0.05, 0) is 49.6 Å². The number of aromatic nitrogens is 1. The minimum atomic E-state index is -0.500. The van der Waals surface area contributed by atoms with Gasteiger partial charge in [0, 0.05) is 12.1 Å². The van der Waals surface area contributed by atoms with E-state index in [1.165, 1.54) is 5.56 Å². The Hall–Kier alpha value is -2.40. The highest BCUT2D eigenvalue weighted by Gasteiger charge is 2.54. The molecule has 1 aliphatic carbocycles. The fourth-order valence-corrected chi connectivity index (χ4v) is 3.90. The maximum atomic E-state index is 12.9. The van der Waals surface area contributed by atoms with Gasteiger partial charge in [0.2, 0.25) is 5.91 Å². The Morgan fingerprint density at radius 2 is 2.08 bits per heavy atom. The van der Waals surface area contributed by atoms with Gasteiger partial charge in [0.15, 0.2) is 5.76 Å². The van der Waals surface area contributed by atoms with E-state index in [-0.39, 0.29) is 11.9 Å². The standard InChI is InChI=1S/C21H22N2O2S/c1-15(9-10-16-6-3-2-4-7-16)22-20(24)21(11-12-21)19-14-17(25-23-19)18-8-5-13-26-18/h2-8,13-15H,9-12H2,1H3,(H,22,24). The monoisotopic (exact) mass is 366 g/mol. The number of nitrogens with zero attached hydrogens (tertiary/aromatic N) is 1. The lowest BCUT2D eigenvalue weighted by Gasteiger charge is -2.18. The lowest BCUT2D eigenvalue weighted by molar-refractivity contribution is -0.124. The summed E-state index contributed by atoms with van der Waals surface area (Å²) in [7, 11) is 0. The van der Waals surface area contributed by atoms with Gasteiger partial charge in [-0.3, -0.25) is 4.79 Å². The first-order chi connectivity index (χ1) is 12.7. The quantitative estimate of drug-likeness (QED) is 0.666. The van der Waals surface area contributed by atoms with E-state index < -0.39 is 5.41 Å². The summed E-state index contributed by atoms with van der Waals surface area (Å²) < 4.78 is 5.48. The molecule has 1 amide bonds. The van der Waals surface area contributed by atoms with Crippen molar-refractivity contribution in [1.82, 2.24) is 10.5 Å². The molecule has 134 valence electrons. The molecule has 0 radical (unpaired) electrons. The maximum absolute atomic E-state index is 12.9. The zero-order valence-corrected chi connectivity index (χ0v) is 15.6. The summed E-state index contributed by atoms with van der Waals surface area (Å²) in [4.78, 5) is 13.9. The van der Waals surface area contributed by atoms with Crippen LogP contribution in [0.1, 0.15) is 37.4 Å². The Labute approximate surface area is 157 Å². The predicted octanol–water partition coefficient (Wildman–Crippen LogP) is 4.57. The van der Waals surface area contributed by atoms with Crippen molar-refractivity contribution >= 4 is 17.2 Å². The van der Waals surface area contributed by atoms with Crippen molar-refractivity contribution in [2.75, 3.05) is 0 Å². The molecule has 1 N–H and O–H groups in total. The topological polar surface area (TPSA) is 55.1 Å². The van der Waals surface area contributed by atoms with Crippen molar-refractivity contribution in [1.29, 1.82) is 0 Å². The number of hydrogen-bond donors (Lipinski definition) is 1. The van der Waals surface area contributed by atoms with E-state index >= 15 is 0 Å². The van der Waals surface area contributed by atoms with Gasteiger partial charge >= 0.3 is 0 Å². The lowest BCUT2D eigenvalue weighted by atomic mass is 9.99. The van der Waals surface area contributed by atoms with Crippen molar-refractivity contribution < 1.29 is 9.32 Å². The minimum Gasteiger partial charge on any atom is -0.355 e. The Kier molecular flexibility index (Phi) is 4.64. The number of amides is 1. The van der Waals surface area contributed by atoms with Crippen LogP contribution in [0.4, 0.5) is 0 Å². The van der Waals surface area contributed by atoms with E-state index in [9.17, 15) is 4.79 Å². The third-order valence-corrected chi connectivity index (χ3v) is 5.92. The summed E-state index contributed by atoms with van der Waals surface area (Å²) in [5.74, 6) is 0.815. The van der Waals surface area contributed by atoms with E-state index in [1.807, 2.05) is 41.8 Å². The van der Waals surface area contributed by atoms with Crippen molar-refractivity contribution in [2.24, 2.45) is 0 Å². The average Bonchev–Trinajstić information content (AvgIpc) is 3.08. The van der Waals surface area contributed by atoms with Gasteiger partial charge in [-0.2, -0.15) is 0 Å². The molecule has 1 atom stereocenters. The molecule has 26 heavy (non-hydrogen) atoms. The van der Waals surface area contributed by atoms with Gasteiger partial charge in [-0.25, -0.2) is 0 Å². The van der Waals surface area contributed by atoms with Crippen LogP contribution in [0.25, 0.3) is 10.6 Å². The fraction of sp³-hybridized carbons (Fsp3) is 0.333. The van der Waals surface area contributed by atoms with Crippen LogP contribution in [-0.2, 0) is 16.6 Å². The summed E-state index contributed by atoms with van der Waals surface area (Å²) in [5, 5.41) is 9.38. The summed E-state index contributed by atoms with van der Waals surface area (Å²) in [6.45, 7) is 2.07. The number of carbonyl (C=O) groups is 1. The number of rotatable bonds is 7. The van der Waals surface area contributed by atoms with E-state index in [4.69, 9.17) is 4.52 Å². The highest BCUT2D eigenvalue weighted by Crippen LogP contribution is 2.48. The van der Waals surface area contributed by atoms with E-state index in [0.717, 1.165) is 42.0 Å². The largest absolute Gasteiger partial charge is 0.355 e. The number of hydrogen-bond acceptors (Lipinski definition) is 4. The summed E-state index contributed by atoms with van der Waals surface area (Å²) in [6.07, 6.45) is 3.55. The van der Waals surface area contributed by atoms with Gasteiger partial charge < -0.3 is 9.84 Å². The van der Waals surface area contributed by atoms with Crippen LogP contribution in [-0.4, -0.2) is 17.1 Å². The smallest absolute Gasteiger partial charge is 0.232 e. The van der Waals surface area contributed by atoms with Crippen molar-refractivity contribution in [3.63, 3.8) is 0 Å². The number of aryl methyl sites for hydroxylation is 1. The number of benzene rings is 1. The molecule has 4 rings (SSSR count). The molecule has 0 saturated heterocycles. The molecule has 0 aliphatic heterocycles. The zero-order valence-electron chi connectivity index (χ0n) is 14.8.